The van der Waals surface area contributed by atoms with Crippen LogP contribution in [0.3, 0.4) is 0 Å². The highest BCUT2D eigenvalue weighted by Gasteiger charge is 2.24. The van der Waals surface area contributed by atoms with Crippen molar-refractivity contribution in [1.29, 1.82) is 0 Å². The van der Waals surface area contributed by atoms with Gasteiger partial charge in [0.05, 0.1) is 6.54 Å². The molecule has 1 heterocycles. The lowest BCUT2D eigenvalue weighted by Crippen LogP contribution is -2.53. The van der Waals surface area contributed by atoms with Gasteiger partial charge in [0.1, 0.15) is 12.3 Å². The fraction of sp³-hybridized carbons (Fsp3) is 0.800. The van der Waals surface area contributed by atoms with Crippen molar-refractivity contribution in [3.05, 3.63) is 0 Å². The summed E-state index contributed by atoms with van der Waals surface area (Å²) in [5.74, 6) is 0.461. The summed E-state index contributed by atoms with van der Waals surface area (Å²) in [6.45, 7) is 2.95. The molecule has 0 atom stereocenters. The molecule has 1 rings (SSSR count). The third kappa shape index (κ3) is 1.40. The maximum absolute atomic E-state index is 5.46. The average Bonchev–Trinajstić information content (AvgIpc) is 2.08. The molecule has 0 spiro atoms. The zero-order valence-corrected chi connectivity index (χ0v) is 5.42. The summed E-state index contributed by atoms with van der Waals surface area (Å²) in [6, 6.07) is 0. The van der Waals surface area contributed by atoms with Gasteiger partial charge in [0.15, 0.2) is 0 Å². The SMILES string of the molecule is CC(N)(N)C1=NCCO1. The van der Waals surface area contributed by atoms with Crippen molar-refractivity contribution in [3.63, 3.8) is 0 Å². The van der Waals surface area contributed by atoms with Crippen LogP contribution in [0.2, 0.25) is 0 Å². The molecule has 0 saturated heterocycles. The van der Waals surface area contributed by atoms with E-state index < -0.39 is 5.66 Å². The molecule has 0 radical (unpaired) electrons. The molecule has 1 aliphatic rings. The van der Waals surface area contributed by atoms with E-state index in [1.165, 1.54) is 0 Å². The molecule has 0 saturated carbocycles. The van der Waals surface area contributed by atoms with Crippen LogP contribution in [0.5, 0.6) is 0 Å². The molecule has 1 aliphatic heterocycles. The van der Waals surface area contributed by atoms with Gasteiger partial charge in [-0.2, -0.15) is 0 Å². The Balaban J connectivity index is 2.61. The largest absolute Gasteiger partial charge is 0.477 e. The van der Waals surface area contributed by atoms with Gasteiger partial charge in [-0.1, -0.05) is 0 Å². The molecule has 0 fully saturated rings. The fourth-order valence-corrected chi connectivity index (χ4v) is 0.661. The molecule has 52 valence electrons. The monoisotopic (exact) mass is 129 g/mol. The zero-order valence-electron chi connectivity index (χ0n) is 5.42. The second-order valence-corrected chi connectivity index (χ2v) is 2.32. The van der Waals surface area contributed by atoms with Crippen LogP contribution in [0.25, 0.3) is 0 Å². The first-order chi connectivity index (χ1) is 4.11. The third-order valence-electron chi connectivity index (χ3n) is 1.05. The van der Waals surface area contributed by atoms with Gasteiger partial charge in [0, 0.05) is 0 Å². The highest BCUT2D eigenvalue weighted by Crippen LogP contribution is 2.01. The van der Waals surface area contributed by atoms with Gasteiger partial charge in [-0.05, 0) is 6.92 Å². The smallest absolute Gasteiger partial charge is 0.219 e. The summed E-state index contributed by atoms with van der Waals surface area (Å²) in [6.07, 6.45) is 0. The van der Waals surface area contributed by atoms with Gasteiger partial charge in [-0.25, -0.2) is 4.99 Å². The Morgan fingerprint density at radius 1 is 1.67 bits per heavy atom. The maximum Gasteiger partial charge on any atom is 0.219 e. The first-order valence-electron chi connectivity index (χ1n) is 2.86. The molecular formula is C5H11N3O. The standard InChI is InChI=1S/C5H11N3O/c1-5(6,7)4-8-2-3-9-4/h2-3,6-7H2,1H3. The molecule has 9 heavy (non-hydrogen) atoms. The first kappa shape index (κ1) is 6.51. The third-order valence-corrected chi connectivity index (χ3v) is 1.05. The second-order valence-electron chi connectivity index (χ2n) is 2.32. The number of hydrogen-bond donors (Lipinski definition) is 2. The Labute approximate surface area is 53.9 Å². The molecular weight excluding hydrogens is 118 g/mol. The van der Waals surface area contributed by atoms with Gasteiger partial charge in [0.25, 0.3) is 0 Å². The topological polar surface area (TPSA) is 73.6 Å². The van der Waals surface area contributed by atoms with E-state index in [1.54, 1.807) is 6.92 Å². The van der Waals surface area contributed by atoms with Crippen molar-refractivity contribution < 1.29 is 4.74 Å². The van der Waals surface area contributed by atoms with Crippen molar-refractivity contribution in [3.8, 4) is 0 Å². The molecule has 0 aliphatic carbocycles. The van der Waals surface area contributed by atoms with Crippen LogP contribution in [0, 0.1) is 0 Å². The van der Waals surface area contributed by atoms with Gasteiger partial charge in [0.2, 0.25) is 5.90 Å². The lowest BCUT2D eigenvalue weighted by Gasteiger charge is -2.16. The normalized spacial score (nSPS) is 19.2. The Kier molecular flexibility index (Phi) is 1.42. The number of rotatable bonds is 1. The summed E-state index contributed by atoms with van der Waals surface area (Å²) in [5, 5.41) is 0. The summed E-state index contributed by atoms with van der Waals surface area (Å²) in [5.41, 5.74) is 10.0. The Bertz CT molecular complexity index is 136. The average molecular weight is 129 g/mol. The highest BCUT2D eigenvalue weighted by atomic mass is 16.5. The van der Waals surface area contributed by atoms with Gasteiger partial charge < -0.3 is 16.2 Å². The van der Waals surface area contributed by atoms with Crippen LogP contribution < -0.4 is 11.5 Å². The number of nitrogens with two attached hydrogens (primary N) is 2. The summed E-state index contributed by atoms with van der Waals surface area (Å²) >= 11 is 0. The Morgan fingerprint density at radius 2 is 2.33 bits per heavy atom. The molecule has 4 N–H and O–H groups in total. The quantitative estimate of drug-likeness (QED) is 0.448. The van der Waals surface area contributed by atoms with E-state index in [0.29, 0.717) is 19.0 Å². The van der Waals surface area contributed by atoms with E-state index in [9.17, 15) is 0 Å². The molecule has 0 bridgehead atoms. The fourth-order valence-electron chi connectivity index (χ4n) is 0.661. The highest BCUT2D eigenvalue weighted by molar-refractivity contribution is 5.85. The van der Waals surface area contributed by atoms with E-state index in [1.807, 2.05) is 0 Å². The first-order valence-corrected chi connectivity index (χ1v) is 2.86. The van der Waals surface area contributed by atoms with Crippen molar-refractivity contribution >= 4 is 5.90 Å². The van der Waals surface area contributed by atoms with Crippen LogP contribution in [0.1, 0.15) is 6.92 Å². The van der Waals surface area contributed by atoms with E-state index in [-0.39, 0.29) is 0 Å². The lowest BCUT2D eigenvalue weighted by atomic mass is 10.2. The molecule has 4 nitrogen and oxygen atoms in total. The van der Waals surface area contributed by atoms with Crippen LogP contribution in [-0.4, -0.2) is 24.7 Å². The second kappa shape index (κ2) is 1.97. The molecule has 0 amide bonds. The van der Waals surface area contributed by atoms with E-state index in [4.69, 9.17) is 16.2 Å². The molecule has 0 unspecified atom stereocenters. The molecule has 0 aromatic rings. The van der Waals surface area contributed by atoms with Crippen molar-refractivity contribution in [1.82, 2.24) is 0 Å². The molecule has 0 aromatic heterocycles. The lowest BCUT2D eigenvalue weighted by molar-refractivity contribution is 0.316. The van der Waals surface area contributed by atoms with Crippen LogP contribution >= 0.6 is 0 Å². The van der Waals surface area contributed by atoms with Crippen molar-refractivity contribution in [2.75, 3.05) is 13.2 Å². The number of hydrogen-bond acceptors (Lipinski definition) is 4. The van der Waals surface area contributed by atoms with Crippen LogP contribution in [-0.2, 0) is 4.74 Å². The maximum atomic E-state index is 5.46. The summed E-state index contributed by atoms with van der Waals surface area (Å²) in [7, 11) is 0. The number of ether oxygens (including phenoxy) is 1. The minimum atomic E-state index is -0.892. The Morgan fingerprint density at radius 3 is 2.56 bits per heavy atom. The molecule has 0 aromatic carbocycles. The minimum Gasteiger partial charge on any atom is -0.477 e. The predicted octanol–water partition coefficient (Wildman–Crippen LogP) is -0.951. The van der Waals surface area contributed by atoms with Gasteiger partial charge >= 0.3 is 0 Å². The number of aliphatic imine (C=N–C) groups is 1. The van der Waals surface area contributed by atoms with E-state index in [0.717, 1.165) is 0 Å². The molecule has 4 heteroatoms. The summed E-state index contributed by atoms with van der Waals surface area (Å²) in [4.78, 5) is 3.95. The van der Waals surface area contributed by atoms with E-state index in [2.05, 4.69) is 4.99 Å². The van der Waals surface area contributed by atoms with Crippen LogP contribution in [0.15, 0.2) is 4.99 Å². The van der Waals surface area contributed by atoms with E-state index >= 15 is 0 Å². The van der Waals surface area contributed by atoms with Gasteiger partial charge in [-0.3, -0.25) is 0 Å². The van der Waals surface area contributed by atoms with Gasteiger partial charge in [-0.15, -0.1) is 0 Å². The number of nitrogens with zero attached hydrogens (tertiary/aromatic N) is 1. The Hall–Kier alpha value is -0.610. The minimum absolute atomic E-state index is 0.461. The van der Waals surface area contributed by atoms with Crippen LogP contribution in [0.4, 0.5) is 0 Å². The van der Waals surface area contributed by atoms with Crippen molar-refractivity contribution in [2.24, 2.45) is 16.5 Å². The zero-order chi connectivity index (χ0) is 6.91. The summed E-state index contributed by atoms with van der Waals surface area (Å²) < 4.78 is 5.02. The predicted molar refractivity (Wildman–Crippen MR) is 35.0 cm³/mol. The van der Waals surface area contributed by atoms with Crippen molar-refractivity contribution in [2.45, 2.75) is 12.6 Å².